The van der Waals surface area contributed by atoms with Crippen LogP contribution in [0.4, 0.5) is 0 Å². The molecule has 0 bridgehead atoms. The summed E-state index contributed by atoms with van der Waals surface area (Å²) in [5.74, 6) is -1.21. The van der Waals surface area contributed by atoms with Crippen LogP contribution in [0.25, 0.3) is 9.88 Å². The van der Waals surface area contributed by atoms with Crippen molar-refractivity contribution in [3.8, 4) is 9.88 Å². The van der Waals surface area contributed by atoms with Gasteiger partial charge in [0.15, 0.2) is 6.61 Å². The van der Waals surface area contributed by atoms with Gasteiger partial charge >= 0.3 is 5.97 Å². The Labute approximate surface area is 156 Å². The first-order chi connectivity index (χ1) is 11.9. The van der Waals surface area contributed by atoms with Gasteiger partial charge in [-0.1, -0.05) is 11.6 Å². The Kier molecular flexibility index (Phi) is 5.36. The topological polar surface area (TPSA) is 88.6 Å². The number of thiophene rings is 1. The average molecular weight is 400 g/mol. The quantitative estimate of drug-likeness (QED) is 0.794. The van der Waals surface area contributed by atoms with Crippen LogP contribution >= 0.6 is 34.3 Å². The molecule has 3 heterocycles. The first kappa shape index (κ1) is 17.8. The van der Waals surface area contributed by atoms with Gasteiger partial charge in [-0.2, -0.15) is 0 Å². The monoisotopic (exact) mass is 399 g/mol. The van der Waals surface area contributed by atoms with Crippen molar-refractivity contribution in [1.82, 2.24) is 15.2 Å². The zero-order chi connectivity index (χ0) is 18.0. The fraction of sp³-hybridized carbons (Fsp3) is 0.333. The summed E-state index contributed by atoms with van der Waals surface area (Å²) in [4.78, 5) is 42.5. The molecule has 3 rings (SSSR count). The molecule has 1 saturated heterocycles. The van der Waals surface area contributed by atoms with Gasteiger partial charge in [-0.05, 0) is 19.1 Å². The van der Waals surface area contributed by atoms with E-state index >= 15 is 0 Å². The Balaban J connectivity index is 1.62. The number of amides is 2. The van der Waals surface area contributed by atoms with Gasteiger partial charge in [0, 0.05) is 13.1 Å². The van der Waals surface area contributed by atoms with E-state index in [4.69, 9.17) is 16.3 Å². The second-order valence-corrected chi connectivity index (χ2v) is 7.99. The lowest BCUT2D eigenvalue weighted by atomic mass is 10.3. The predicted molar refractivity (Wildman–Crippen MR) is 95.0 cm³/mol. The predicted octanol–water partition coefficient (Wildman–Crippen LogP) is 1.95. The Morgan fingerprint density at radius 3 is 2.88 bits per heavy atom. The molecule has 10 heteroatoms. The molecule has 1 aliphatic rings. The van der Waals surface area contributed by atoms with Crippen LogP contribution in [0.3, 0.4) is 0 Å². The molecule has 7 nitrogen and oxygen atoms in total. The molecule has 2 amide bonds. The molecule has 25 heavy (non-hydrogen) atoms. The molecule has 0 aromatic carbocycles. The summed E-state index contributed by atoms with van der Waals surface area (Å²) in [6.45, 7) is 2.11. The number of aryl methyl sites for hydroxylation is 1. The summed E-state index contributed by atoms with van der Waals surface area (Å²) in [6, 6.07) is 3.61. The van der Waals surface area contributed by atoms with Crippen LogP contribution in [0.1, 0.15) is 15.4 Å². The van der Waals surface area contributed by atoms with Crippen LogP contribution < -0.4 is 5.32 Å². The highest BCUT2D eigenvalue weighted by molar-refractivity contribution is 7.24. The molecule has 0 saturated carbocycles. The minimum atomic E-state index is -0.598. The van der Waals surface area contributed by atoms with E-state index in [0.717, 1.165) is 4.88 Å². The molecule has 1 N–H and O–H groups in total. The fourth-order valence-electron chi connectivity index (χ4n) is 2.26. The number of ether oxygens (including phenoxy) is 1. The number of piperazine rings is 1. The van der Waals surface area contributed by atoms with Gasteiger partial charge in [0.2, 0.25) is 5.91 Å². The van der Waals surface area contributed by atoms with Crippen molar-refractivity contribution < 1.29 is 19.1 Å². The lowest BCUT2D eigenvalue weighted by Crippen LogP contribution is -2.51. The van der Waals surface area contributed by atoms with Gasteiger partial charge in [-0.25, -0.2) is 9.78 Å². The highest BCUT2D eigenvalue weighted by Gasteiger charge is 2.24. The SMILES string of the molecule is Cc1nc(-c2ccc(Cl)s2)sc1C(=O)OCC(=O)N1CCNC(=O)C1. The van der Waals surface area contributed by atoms with Gasteiger partial charge in [-0.3, -0.25) is 9.59 Å². The van der Waals surface area contributed by atoms with Crippen LogP contribution in [0.2, 0.25) is 4.34 Å². The number of carbonyl (C=O) groups is 3. The van der Waals surface area contributed by atoms with E-state index in [1.54, 1.807) is 13.0 Å². The number of rotatable bonds is 4. The van der Waals surface area contributed by atoms with Crippen molar-refractivity contribution in [3.05, 3.63) is 27.0 Å². The fourth-order valence-corrected chi connectivity index (χ4v) is 4.31. The molecule has 0 unspecified atom stereocenters. The van der Waals surface area contributed by atoms with Crippen LogP contribution in [-0.4, -0.2) is 53.9 Å². The van der Waals surface area contributed by atoms with Crippen LogP contribution in [0, 0.1) is 6.92 Å². The van der Waals surface area contributed by atoms with E-state index in [1.807, 2.05) is 6.07 Å². The number of carbonyl (C=O) groups excluding carboxylic acids is 3. The largest absolute Gasteiger partial charge is 0.451 e. The number of hydrogen-bond acceptors (Lipinski definition) is 7. The summed E-state index contributed by atoms with van der Waals surface area (Å²) in [6.07, 6.45) is 0. The molecule has 0 atom stereocenters. The van der Waals surface area contributed by atoms with Crippen molar-refractivity contribution in [3.63, 3.8) is 0 Å². The Hall–Kier alpha value is -1.97. The molecular weight excluding hydrogens is 386 g/mol. The molecule has 1 fully saturated rings. The maximum Gasteiger partial charge on any atom is 0.350 e. The summed E-state index contributed by atoms with van der Waals surface area (Å²) in [5, 5.41) is 3.31. The summed E-state index contributed by atoms with van der Waals surface area (Å²) in [7, 11) is 0. The van der Waals surface area contributed by atoms with Crippen LogP contribution in [0.5, 0.6) is 0 Å². The number of hydrogen-bond donors (Lipinski definition) is 1. The third kappa shape index (κ3) is 4.17. The van der Waals surface area contributed by atoms with Crippen molar-refractivity contribution in [2.45, 2.75) is 6.92 Å². The average Bonchev–Trinajstić information content (AvgIpc) is 3.18. The van der Waals surface area contributed by atoms with E-state index < -0.39 is 18.5 Å². The van der Waals surface area contributed by atoms with E-state index in [2.05, 4.69) is 10.3 Å². The molecule has 132 valence electrons. The van der Waals surface area contributed by atoms with E-state index in [0.29, 0.717) is 33.0 Å². The minimum Gasteiger partial charge on any atom is -0.451 e. The maximum absolute atomic E-state index is 12.2. The van der Waals surface area contributed by atoms with Gasteiger partial charge in [0.25, 0.3) is 5.91 Å². The molecule has 0 spiro atoms. The third-order valence-corrected chi connectivity index (χ3v) is 6.02. The Morgan fingerprint density at radius 1 is 1.40 bits per heavy atom. The first-order valence-electron chi connectivity index (χ1n) is 7.39. The molecule has 2 aromatic rings. The van der Waals surface area contributed by atoms with E-state index in [-0.39, 0.29) is 12.5 Å². The normalized spacial score (nSPS) is 14.3. The molecular formula is C15H14ClN3O4S2. The second-order valence-electron chi connectivity index (χ2n) is 5.28. The second kappa shape index (κ2) is 7.51. The van der Waals surface area contributed by atoms with Crippen LogP contribution in [0.15, 0.2) is 12.1 Å². The number of esters is 1. The number of aromatic nitrogens is 1. The highest BCUT2D eigenvalue weighted by atomic mass is 35.5. The van der Waals surface area contributed by atoms with Gasteiger partial charge in [0.1, 0.15) is 9.88 Å². The van der Waals surface area contributed by atoms with Gasteiger partial charge in [0.05, 0.1) is 21.5 Å². The highest BCUT2D eigenvalue weighted by Crippen LogP contribution is 2.35. The van der Waals surface area contributed by atoms with Crippen molar-refractivity contribution in [1.29, 1.82) is 0 Å². The van der Waals surface area contributed by atoms with E-state index in [9.17, 15) is 14.4 Å². The lowest BCUT2D eigenvalue weighted by Gasteiger charge is -2.26. The van der Waals surface area contributed by atoms with Crippen molar-refractivity contribution >= 4 is 52.1 Å². The number of thiazole rings is 1. The summed E-state index contributed by atoms with van der Waals surface area (Å²) in [5.41, 5.74) is 0.541. The van der Waals surface area contributed by atoms with Crippen molar-refractivity contribution in [2.24, 2.45) is 0 Å². The minimum absolute atomic E-state index is 0.0146. The molecule has 1 aliphatic heterocycles. The maximum atomic E-state index is 12.2. The first-order valence-corrected chi connectivity index (χ1v) is 9.40. The van der Waals surface area contributed by atoms with Crippen LogP contribution in [-0.2, 0) is 14.3 Å². The Morgan fingerprint density at radius 2 is 2.20 bits per heavy atom. The molecule has 0 radical (unpaired) electrons. The van der Waals surface area contributed by atoms with Gasteiger partial charge < -0.3 is 15.0 Å². The standard InChI is InChI=1S/C15H14ClN3O4S2/c1-8-13(25-14(18-8)9-2-3-10(16)24-9)15(22)23-7-12(21)19-5-4-17-11(20)6-19/h2-3H,4-7H2,1H3,(H,17,20). The van der Waals surface area contributed by atoms with Gasteiger partial charge in [-0.15, -0.1) is 22.7 Å². The smallest absolute Gasteiger partial charge is 0.350 e. The molecule has 2 aromatic heterocycles. The molecule has 0 aliphatic carbocycles. The number of halogens is 1. The third-order valence-electron chi connectivity index (χ3n) is 3.48. The lowest BCUT2D eigenvalue weighted by molar-refractivity contribution is -0.140. The zero-order valence-electron chi connectivity index (χ0n) is 13.2. The number of nitrogens with zero attached hydrogens (tertiary/aromatic N) is 2. The zero-order valence-corrected chi connectivity index (χ0v) is 15.6. The van der Waals surface area contributed by atoms with Crippen molar-refractivity contribution in [2.75, 3.05) is 26.2 Å². The summed E-state index contributed by atoms with van der Waals surface area (Å²) >= 11 is 8.49. The Bertz CT molecular complexity index is 833. The van der Waals surface area contributed by atoms with E-state index in [1.165, 1.54) is 27.6 Å². The summed E-state index contributed by atoms with van der Waals surface area (Å²) < 4.78 is 5.74. The number of nitrogens with one attached hydrogen (secondary N) is 1.